The molecule has 0 aliphatic rings. The first-order chi connectivity index (χ1) is 19.5. The molecule has 1 heterocycles. The number of imidazole rings is 1. The third-order valence-electron chi connectivity index (χ3n) is 6.17. The zero-order valence-electron chi connectivity index (χ0n) is 22.4. The van der Waals surface area contributed by atoms with Gasteiger partial charge in [0.15, 0.2) is 5.11 Å². The third-order valence-corrected chi connectivity index (χ3v) is 7.92. The quantitative estimate of drug-likeness (QED) is 0.184. The van der Waals surface area contributed by atoms with E-state index in [9.17, 15) is 4.79 Å². The van der Waals surface area contributed by atoms with Gasteiger partial charge in [-0.1, -0.05) is 51.3 Å². The van der Waals surface area contributed by atoms with Gasteiger partial charge in [-0.25, -0.2) is 4.98 Å². The van der Waals surface area contributed by atoms with Crippen LogP contribution in [0, 0.1) is 11.3 Å². The number of benzene rings is 3. The van der Waals surface area contributed by atoms with Crippen LogP contribution in [-0.4, -0.2) is 37.6 Å². The van der Waals surface area contributed by atoms with Crippen LogP contribution in [0.1, 0.15) is 30.7 Å². The molecule has 0 saturated heterocycles. The van der Waals surface area contributed by atoms with Crippen LogP contribution in [-0.2, 0) is 17.8 Å². The molecule has 7 nitrogen and oxygen atoms in total. The van der Waals surface area contributed by atoms with Gasteiger partial charge in [0.2, 0.25) is 5.91 Å². The van der Waals surface area contributed by atoms with Crippen molar-refractivity contribution in [3.63, 3.8) is 0 Å². The normalized spacial score (nSPS) is 11.0. The highest BCUT2D eigenvalue weighted by atomic mass is 79.9. The van der Waals surface area contributed by atoms with Gasteiger partial charge in [0.25, 0.3) is 0 Å². The minimum atomic E-state index is -0.674. The van der Waals surface area contributed by atoms with Gasteiger partial charge in [0, 0.05) is 35.1 Å². The van der Waals surface area contributed by atoms with Crippen LogP contribution < -0.4 is 10.6 Å². The van der Waals surface area contributed by atoms with Gasteiger partial charge in [0.05, 0.1) is 45.7 Å². The van der Waals surface area contributed by atoms with E-state index < -0.39 is 5.54 Å². The van der Waals surface area contributed by atoms with Gasteiger partial charge in [-0.3, -0.25) is 4.79 Å². The predicted octanol–water partition coefficient (Wildman–Crippen LogP) is 7.15. The Balaban J connectivity index is 1.49. The molecule has 0 spiro atoms. The Hall–Kier alpha value is -3.42. The topological polar surface area (TPSA) is 86.0 Å². The molecule has 0 unspecified atom stereocenters. The molecular formula is C30H27BrCl2N6OS. The lowest BCUT2D eigenvalue weighted by molar-refractivity contribution is -0.122. The van der Waals surface area contributed by atoms with Crippen LogP contribution in [0.15, 0.2) is 83.7 Å². The van der Waals surface area contributed by atoms with Crippen LogP contribution in [0.5, 0.6) is 0 Å². The zero-order chi connectivity index (χ0) is 29.6. The van der Waals surface area contributed by atoms with Crippen molar-refractivity contribution in [2.75, 3.05) is 11.9 Å². The molecule has 1 amide bonds. The lowest BCUT2D eigenvalue weighted by atomic mass is 10.0. The fourth-order valence-electron chi connectivity index (χ4n) is 4.30. The van der Waals surface area contributed by atoms with Crippen molar-refractivity contribution in [3.8, 4) is 11.8 Å². The number of nitrogens with zero attached hydrogens (tertiary/aromatic N) is 4. The summed E-state index contributed by atoms with van der Waals surface area (Å²) >= 11 is 22.1. The van der Waals surface area contributed by atoms with E-state index >= 15 is 0 Å². The summed E-state index contributed by atoms with van der Waals surface area (Å²) in [5.41, 5.74) is 3.07. The molecule has 1 aromatic heterocycles. The number of carbonyl (C=O) groups is 1. The Bertz CT molecular complexity index is 1580. The molecule has 3 aromatic carbocycles. The fraction of sp³-hybridized carbons (Fsp3) is 0.200. The van der Waals surface area contributed by atoms with E-state index in [1.807, 2.05) is 71.8 Å². The van der Waals surface area contributed by atoms with Gasteiger partial charge >= 0.3 is 0 Å². The summed E-state index contributed by atoms with van der Waals surface area (Å²) in [5, 5.41) is 16.9. The minimum Gasteiger partial charge on any atom is -0.349 e. The van der Waals surface area contributed by atoms with Crippen molar-refractivity contribution in [1.82, 2.24) is 19.8 Å². The second-order valence-corrected chi connectivity index (χ2v) is 12.1. The summed E-state index contributed by atoms with van der Waals surface area (Å²) in [6.07, 6.45) is 3.43. The van der Waals surface area contributed by atoms with Crippen molar-refractivity contribution in [3.05, 3.63) is 111 Å². The molecule has 4 aromatic rings. The second-order valence-electron chi connectivity index (χ2n) is 10.0. The van der Waals surface area contributed by atoms with Crippen molar-refractivity contribution >= 4 is 68.1 Å². The van der Waals surface area contributed by atoms with Crippen LogP contribution in [0.2, 0.25) is 10.0 Å². The number of rotatable bonds is 9. The molecule has 41 heavy (non-hydrogen) atoms. The van der Waals surface area contributed by atoms with Crippen molar-refractivity contribution in [2.45, 2.75) is 32.4 Å². The maximum Gasteiger partial charge on any atom is 0.226 e. The predicted molar refractivity (Wildman–Crippen MR) is 171 cm³/mol. The first kappa shape index (κ1) is 30.5. The van der Waals surface area contributed by atoms with Crippen LogP contribution in [0.3, 0.4) is 0 Å². The van der Waals surface area contributed by atoms with Gasteiger partial charge < -0.3 is 20.1 Å². The summed E-state index contributed by atoms with van der Waals surface area (Å²) in [5.74, 6) is -0.169. The largest absolute Gasteiger partial charge is 0.349 e. The molecule has 4 rings (SSSR count). The van der Waals surface area contributed by atoms with E-state index in [1.165, 1.54) is 0 Å². The summed E-state index contributed by atoms with van der Waals surface area (Å²) in [6, 6.07) is 22.4. The van der Waals surface area contributed by atoms with Crippen molar-refractivity contribution < 1.29 is 4.79 Å². The maximum absolute atomic E-state index is 13.2. The van der Waals surface area contributed by atoms with Gasteiger partial charge in [-0.05, 0) is 86.2 Å². The molecule has 0 bridgehead atoms. The number of hydrogen-bond acceptors (Lipinski definition) is 4. The highest BCUT2D eigenvalue weighted by molar-refractivity contribution is 9.10. The Morgan fingerprint density at radius 2 is 1.83 bits per heavy atom. The molecule has 0 fully saturated rings. The fourth-order valence-corrected chi connectivity index (χ4v) is 5.19. The van der Waals surface area contributed by atoms with Crippen molar-refractivity contribution in [1.29, 1.82) is 5.26 Å². The van der Waals surface area contributed by atoms with Crippen molar-refractivity contribution in [2.24, 2.45) is 0 Å². The molecule has 210 valence electrons. The Morgan fingerprint density at radius 1 is 1.12 bits per heavy atom. The highest BCUT2D eigenvalue weighted by Crippen LogP contribution is 2.27. The maximum atomic E-state index is 13.2. The average molecular weight is 670 g/mol. The van der Waals surface area contributed by atoms with E-state index in [0.717, 1.165) is 27.1 Å². The third kappa shape index (κ3) is 8.30. The average Bonchev–Trinajstić information content (AvgIpc) is 3.39. The number of nitrogens with one attached hydrogen (secondary N) is 2. The van der Waals surface area contributed by atoms with Gasteiger partial charge in [0.1, 0.15) is 0 Å². The lowest BCUT2D eigenvalue weighted by Crippen LogP contribution is -2.53. The molecule has 0 atom stereocenters. The molecule has 0 aliphatic carbocycles. The molecule has 0 radical (unpaired) electrons. The smallest absolute Gasteiger partial charge is 0.226 e. The molecular weight excluding hydrogens is 643 g/mol. The molecule has 0 aliphatic heterocycles. The number of amides is 1. The van der Waals surface area contributed by atoms with Gasteiger partial charge in [-0.2, -0.15) is 5.26 Å². The minimum absolute atomic E-state index is 0.116. The number of carbonyl (C=O) groups excluding carboxylic acids is 1. The van der Waals surface area contributed by atoms with E-state index in [0.29, 0.717) is 33.8 Å². The highest BCUT2D eigenvalue weighted by Gasteiger charge is 2.27. The Labute approximate surface area is 263 Å². The summed E-state index contributed by atoms with van der Waals surface area (Å²) < 4.78 is 2.79. The van der Waals surface area contributed by atoms with E-state index in [-0.39, 0.29) is 12.3 Å². The number of halogens is 3. The molecule has 0 saturated carbocycles. The second kappa shape index (κ2) is 13.5. The van der Waals surface area contributed by atoms with E-state index in [2.05, 4.69) is 37.6 Å². The monoisotopic (exact) mass is 668 g/mol. The van der Waals surface area contributed by atoms with E-state index in [4.69, 9.17) is 40.7 Å². The lowest BCUT2D eigenvalue weighted by Gasteiger charge is -2.35. The zero-order valence-corrected chi connectivity index (χ0v) is 26.3. The molecule has 11 heteroatoms. The summed E-state index contributed by atoms with van der Waals surface area (Å²) in [4.78, 5) is 19.4. The number of hydrogen-bond donors (Lipinski definition) is 2. The standard InChI is InChI=1S/C30H27BrCl2N6OS/c1-30(2,37-27(40)14-25-16-35-19-39(25)24-12-6-20(15-34)7-13-24)18-38(17-21-4-3-5-26(32)28(21)33)29(41)36-23-10-8-22(31)9-11-23/h3-13,16,19H,14,17-18H2,1-2H3,(H,36,41)(H,37,40). The number of aromatic nitrogens is 2. The summed E-state index contributed by atoms with van der Waals surface area (Å²) in [6.45, 7) is 4.65. The van der Waals surface area contributed by atoms with E-state index in [1.54, 1.807) is 30.7 Å². The van der Waals surface area contributed by atoms with Crippen LogP contribution >= 0.6 is 51.3 Å². The number of thiocarbonyl (C=S) groups is 1. The summed E-state index contributed by atoms with van der Waals surface area (Å²) in [7, 11) is 0. The first-order valence-corrected chi connectivity index (χ1v) is 14.6. The first-order valence-electron chi connectivity index (χ1n) is 12.6. The number of nitriles is 1. The van der Waals surface area contributed by atoms with Crippen LogP contribution in [0.25, 0.3) is 5.69 Å². The van der Waals surface area contributed by atoms with Gasteiger partial charge in [-0.15, -0.1) is 0 Å². The van der Waals surface area contributed by atoms with Crippen LogP contribution in [0.4, 0.5) is 5.69 Å². The SMILES string of the molecule is CC(C)(CN(Cc1cccc(Cl)c1Cl)C(=S)Nc1ccc(Br)cc1)NC(=O)Cc1cncn1-c1ccc(C#N)cc1. The Morgan fingerprint density at radius 3 is 2.51 bits per heavy atom. The Kier molecular flexibility index (Phi) is 10.1. The molecule has 2 N–H and O–H groups in total. The number of anilines is 1.